The zero-order valence-corrected chi connectivity index (χ0v) is 12.1. The van der Waals surface area contributed by atoms with Gasteiger partial charge in [-0.25, -0.2) is 9.78 Å². The molecule has 1 atom stereocenters. The summed E-state index contributed by atoms with van der Waals surface area (Å²) in [6, 6.07) is 3.33. The van der Waals surface area contributed by atoms with Crippen molar-refractivity contribution in [2.75, 3.05) is 12.0 Å². The molecule has 0 fully saturated rings. The van der Waals surface area contributed by atoms with E-state index in [4.69, 9.17) is 5.11 Å². The summed E-state index contributed by atoms with van der Waals surface area (Å²) in [5, 5.41) is 8.99. The van der Waals surface area contributed by atoms with Gasteiger partial charge in [-0.15, -0.1) is 0 Å². The zero-order chi connectivity index (χ0) is 15.8. The van der Waals surface area contributed by atoms with Crippen LogP contribution in [0.1, 0.15) is 29.1 Å². The Labute approximate surface area is 123 Å². The highest BCUT2D eigenvalue weighted by Gasteiger charge is 2.38. The largest absolute Gasteiger partial charge is 0.478 e. The molecular weight excluding hydrogens is 305 g/mol. The van der Waals surface area contributed by atoms with E-state index < -0.39 is 24.0 Å². The predicted molar refractivity (Wildman–Crippen MR) is 74.8 cm³/mol. The molecule has 8 heteroatoms. The van der Waals surface area contributed by atoms with Gasteiger partial charge in [-0.3, -0.25) is 0 Å². The minimum Gasteiger partial charge on any atom is -0.478 e. The van der Waals surface area contributed by atoms with Crippen LogP contribution in [0.25, 0.3) is 11.0 Å². The maximum absolute atomic E-state index is 13.1. The summed E-state index contributed by atoms with van der Waals surface area (Å²) >= 11 is 1.41. The highest BCUT2D eigenvalue weighted by molar-refractivity contribution is 7.98. The number of carboxylic acid groups (broad SMARTS) is 1. The molecule has 1 N–H and O–H groups in total. The standard InChI is InChI=1S/C13H13F3N2O2S/c1-7(6-21-2)18-10-5-8(11(19)20)3-4-9(10)17-12(18)13(14,15)16/h3-5,7H,6H2,1-2H3,(H,19,20). The molecule has 2 rings (SSSR count). The number of nitrogens with zero attached hydrogens (tertiary/aromatic N) is 2. The van der Waals surface area contributed by atoms with Crippen molar-refractivity contribution in [3.8, 4) is 0 Å². The van der Waals surface area contributed by atoms with Crippen LogP contribution in [-0.4, -0.2) is 32.6 Å². The summed E-state index contributed by atoms with van der Waals surface area (Å²) in [5.41, 5.74) is 0.262. The second-order valence-electron chi connectivity index (χ2n) is 4.62. The minimum absolute atomic E-state index is 0.0614. The Morgan fingerprint density at radius 1 is 1.48 bits per heavy atom. The van der Waals surface area contributed by atoms with E-state index in [1.54, 1.807) is 13.2 Å². The molecule has 0 aliphatic carbocycles. The Kier molecular flexibility index (Phi) is 4.18. The molecular formula is C13H13F3N2O2S. The van der Waals surface area contributed by atoms with Crippen LogP contribution in [0.2, 0.25) is 0 Å². The number of halogens is 3. The molecule has 1 heterocycles. The Hall–Kier alpha value is -1.70. The second-order valence-corrected chi connectivity index (χ2v) is 5.53. The van der Waals surface area contributed by atoms with E-state index in [1.165, 1.54) is 30.0 Å². The summed E-state index contributed by atoms with van der Waals surface area (Å²) in [6.07, 6.45) is -2.79. The van der Waals surface area contributed by atoms with Crippen LogP contribution in [-0.2, 0) is 6.18 Å². The summed E-state index contributed by atoms with van der Waals surface area (Å²) < 4.78 is 40.5. The topological polar surface area (TPSA) is 55.1 Å². The third-order valence-corrected chi connectivity index (χ3v) is 3.85. The van der Waals surface area contributed by atoms with Crippen LogP contribution in [0.15, 0.2) is 18.2 Å². The third-order valence-electron chi connectivity index (χ3n) is 3.04. The number of alkyl halides is 3. The van der Waals surface area contributed by atoms with E-state index in [0.29, 0.717) is 5.75 Å². The number of fused-ring (bicyclic) bond motifs is 1. The van der Waals surface area contributed by atoms with E-state index in [9.17, 15) is 18.0 Å². The number of hydrogen-bond donors (Lipinski definition) is 1. The molecule has 0 saturated heterocycles. The van der Waals surface area contributed by atoms with Crippen LogP contribution >= 0.6 is 11.8 Å². The van der Waals surface area contributed by atoms with Gasteiger partial charge in [0.15, 0.2) is 0 Å². The molecule has 1 aromatic carbocycles. The molecule has 21 heavy (non-hydrogen) atoms. The minimum atomic E-state index is -4.59. The number of rotatable bonds is 4. The van der Waals surface area contributed by atoms with Gasteiger partial charge in [0, 0.05) is 11.8 Å². The zero-order valence-electron chi connectivity index (χ0n) is 11.3. The van der Waals surface area contributed by atoms with Gasteiger partial charge in [0.2, 0.25) is 5.82 Å². The smallest absolute Gasteiger partial charge is 0.449 e. The first-order chi connectivity index (χ1) is 9.75. The van der Waals surface area contributed by atoms with Crippen molar-refractivity contribution >= 4 is 28.8 Å². The van der Waals surface area contributed by atoms with Gasteiger partial charge in [0.1, 0.15) is 0 Å². The van der Waals surface area contributed by atoms with Crippen molar-refractivity contribution in [3.05, 3.63) is 29.6 Å². The number of thioether (sulfide) groups is 1. The summed E-state index contributed by atoms with van der Waals surface area (Å²) in [7, 11) is 0. The first kappa shape index (κ1) is 15.7. The summed E-state index contributed by atoms with van der Waals surface area (Å²) in [4.78, 5) is 14.6. The van der Waals surface area contributed by atoms with E-state index in [2.05, 4.69) is 4.98 Å². The van der Waals surface area contributed by atoms with Crippen LogP contribution < -0.4 is 0 Å². The van der Waals surface area contributed by atoms with Crippen molar-refractivity contribution in [2.24, 2.45) is 0 Å². The van der Waals surface area contributed by atoms with Gasteiger partial charge in [-0.2, -0.15) is 24.9 Å². The Balaban J connectivity index is 2.73. The third kappa shape index (κ3) is 2.99. The van der Waals surface area contributed by atoms with E-state index in [0.717, 1.165) is 4.57 Å². The molecule has 0 bridgehead atoms. The van der Waals surface area contributed by atoms with Crippen molar-refractivity contribution in [3.63, 3.8) is 0 Å². The fourth-order valence-electron chi connectivity index (χ4n) is 2.19. The molecule has 1 aromatic heterocycles. The molecule has 0 spiro atoms. The lowest BCUT2D eigenvalue weighted by Crippen LogP contribution is -2.19. The van der Waals surface area contributed by atoms with Gasteiger partial charge in [0.05, 0.1) is 16.6 Å². The average Bonchev–Trinajstić information content (AvgIpc) is 2.77. The first-order valence-electron chi connectivity index (χ1n) is 6.07. The van der Waals surface area contributed by atoms with Gasteiger partial charge in [0.25, 0.3) is 0 Å². The number of benzene rings is 1. The Morgan fingerprint density at radius 2 is 2.14 bits per heavy atom. The normalized spacial score (nSPS) is 13.6. The number of imidazole rings is 1. The number of carbonyl (C=O) groups is 1. The van der Waals surface area contributed by atoms with E-state index >= 15 is 0 Å². The number of hydrogen-bond acceptors (Lipinski definition) is 3. The van der Waals surface area contributed by atoms with Gasteiger partial charge >= 0.3 is 12.1 Å². The average molecular weight is 318 g/mol. The molecule has 1 unspecified atom stereocenters. The molecule has 4 nitrogen and oxygen atoms in total. The lowest BCUT2D eigenvalue weighted by atomic mass is 10.2. The number of aromatic nitrogens is 2. The molecule has 0 aliphatic rings. The molecule has 114 valence electrons. The highest BCUT2D eigenvalue weighted by Crippen LogP contribution is 2.34. The maximum atomic E-state index is 13.1. The van der Waals surface area contributed by atoms with E-state index in [1.807, 2.05) is 0 Å². The molecule has 2 aromatic rings. The fourth-order valence-corrected chi connectivity index (χ4v) is 2.82. The van der Waals surface area contributed by atoms with Crippen molar-refractivity contribution in [2.45, 2.75) is 19.1 Å². The van der Waals surface area contributed by atoms with Crippen molar-refractivity contribution in [1.82, 2.24) is 9.55 Å². The van der Waals surface area contributed by atoms with Crippen LogP contribution in [0, 0.1) is 0 Å². The van der Waals surface area contributed by atoms with Crippen molar-refractivity contribution in [1.29, 1.82) is 0 Å². The first-order valence-corrected chi connectivity index (χ1v) is 7.46. The predicted octanol–water partition coefficient (Wildman–Crippen LogP) is 3.68. The van der Waals surface area contributed by atoms with E-state index in [-0.39, 0.29) is 16.6 Å². The lowest BCUT2D eigenvalue weighted by molar-refractivity contribution is -0.147. The second kappa shape index (κ2) is 5.59. The summed E-state index contributed by atoms with van der Waals surface area (Å²) in [5.74, 6) is -1.72. The monoisotopic (exact) mass is 318 g/mol. The number of aromatic carboxylic acids is 1. The van der Waals surface area contributed by atoms with Gasteiger partial charge in [-0.1, -0.05) is 0 Å². The highest BCUT2D eigenvalue weighted by atomic mass is 32.2. The van der Waals surface area contributed by atoms with Crippen LogP contribution in [0.5, 0.6) is 0 Å². The Morgan fingerprint density at radius 3 is 2.67 bits per heavy atom. The van der Waals surface area contributed by atoms with Gasteiger partial charge < -0.3 is 9.67 Å². The SMILES string of the molecule is CSCC(C)n1c(C(F)(F)F)nc2ccc(C(=O)O)cc21. The van der Waals surface area contributed by atoms with Crippen LogP contribution in [0.4, 0.5) is 13.2 Å². The Bertz CT molecular complexity index is 682. The fraction of sp³-hybridized carbons (Fsp3) is 0.385. The molecule has 0 aliphatic heterocycles. The summed E-state index contributed by atoms with van der Waals surface area (Å²) in [6.45, 7) is 1.65. The molecule has 0 radical (unpaired) electrons. The van der Waals surface area contributed by atoms with Crippen molar-refractivity contribution < 1.29 is 23.1 Å². The van der Waals surface area contributed by atoms with Gasteiger partial charge in [-0.05, 0) is 31.4 Å². The lowest BCUT2D eigenvalue weighted by Gasteiger charge is -2.18. The maximum Gasteiger partial charge on any atom is 0.449 e. The van der Waals surface area contributed by atoms with Crippen LogP contribution in [0.3, 0.4) is 0 Å². The quantitative estimate of drug-likeness (QED) is 0.934. The number of carboxylic acids is 1. The molecule has 0 saturated carbocycles. The molecule has 0 amide bonds.